The van der Waals surface area contributed by atoms with E-state index in [-0.39, 0.29) is 29.4 Å². The summed E-state index contributed by atoms with van der Waals surface area (Å²) < 4.78 is 68.7. The summed E-state index contributed by atoms with van der Waals surface area (Å²) in [5.74, 6) is -4.23. The maximum Gasteiger partial charge on any atom is 0.298 e. The van der Waals surface area contributed by atoms with Gasteiger partial charge in [-0.15, -0.1) is 11.3 Å². The number of piperidine rings is 1. The number of ether oxygens (including phenoxy) is 1. The molecule has 0 spiro atoms. The van der Waals surface area contributed by atoms with Crippen LogP contribution in [0, 0.1) is 0 Å². The molecule has 238 valence electrons. The highest BCUT2D eigenvalue weighted by atomic mass is 35.5. The topological polar surface area (TPSA) is 102 Å². The Morgan fingerprint density at radius 1 is 0.956 bits per heavy atom. The Hall–Kier alpha value is -3.09. The molecule has 1 saturated carbocycles. The number of halogens is 3. The summed E-state index contributed by atoms with van der Waals surface area (Å²) in [6.45, 7) is 0.326. The zero-order valence-corrected chi connectivity index (χ0v) is 26.8. The zero-order chi connectivity index (χ0) is 31.8. The molecule has 3 N–H and O–H groups in total. The predicted molar refractivity (Wildman–Crippen MR) is 173 cm³/mol. The van der Waals surface area contributed by atoms with E-state index in [0.29, 0.717) is 39.3 Å². The zero-order valence-electron chi connectivity index (χ0n) is 24.4. The lowest BCUT2D eigenvalue weighted by atomic mass is 9.96. The Morgan fingerprint density at radius 2 is 1.58 bits per heavy atom. The fourth-order valence-corrected chi connectivity index (χ4v) is 8.64. The molecule has 0 bridgehead atoms. The molecule has 1 aliphatic heterocycles. The van der Waals surface area contributed by atoms with E-state index in [4.69, 9.17) is 22.1 Å². The number of benzene rings is 3. The van der Waals surface area contributed by atoms with Crippen molar-refractivity contribution in [2.75, 3.05) is 13.1 Å². The summed E-state index contributed by atoms with van der Waals surface area (Å²) in [5.41, 5.74) is 6.93. The summed E-state index contributed by atoms with van der Waals surface area (Å²) in [5, 5.41) is 1.18. The number of fused-ring (bicyclic) bond motifs is 1. The van der Waals surface area contributed by atoms with E-state index in [1.165, 1.54) is 35.2 Å². The van der Waals surface area contributed by atoms with Gasteiger partial charge in [-0.1, -0.05) is 48.0 Å². The van der Waals surface area contributed by atoms with Crippen molar-refractivity contribution in [3.63, 3.8) is 0 Å². The molecule has 1 aliphatic carbocycles. The minimum absolute atomic E-state index is 0.130. The Morgan fingerprint density at radius 3 is 2.22 bits per heavy atom. The highest BCUT2D eigenvalue weighted by Gasteiger charge is 2.50. The van der Waals surface area contributed by atoms with E-state index in [2.05, 4.69) is 4.72 Å². The molecular formula is C33H34ClF2N3O4S2. The number of amides is 1. The molecule has 1 amide bonds. The van der Waals surface area contributed by atoms with Crippen molar-refractivity contribution in [3.05, 3.63) is 83.4 Å². The average Bonchev–Trinajstić information content (AvgIpc) is 3.71. The van der Waals surface area contributed by atoms with Crippen molar-refractivity contribution in [3.8, 4) is 16.9 Å². The van der Waals surface area contributed by atoms with Gasteiger partial charge in [0.05, 0.1) is 6.10 Å². The third-order valence-electron chi connectivity index (χ3n) is 8.52. The first kappa shape index (κ1) is 31.9. The molecule has 2 heterocycles. The molecule has 4 aromatic rings. The molecule has 3 aromatic carbocycles. The van der Waals surface area contributed by atoms with Gasteiger partial charge in [-0.25, -0.2) is 8.42 Å². The summed E-state index contributed by atoms with van der Waals surface area (Å²) in [4.78, 5) is 15.0. The van der Waals surface area contributed by atoms with Crippen molar-refractivity contribution in [1.82, 2.24) is 9.62 Å². The van der Waals surface area contributed by atoms with Crippen LogP contribution in [-0.2, 0) is 20.7 Å². The molecule has 45 heavy (non-hydrogen) atoms. The molecule has 2 aliphatic rings. The van der Waals surface area contributed by atoms with Crippen molar-refractivity contribution in [2.45, 2.75) is 66.8 Å². The Bertz CT molecular complexity index is 1770. The van der Waals surface area contributed by atoms with Crippen molar-refractivity contribution in [1.29, 1.82) is 0 Å². The predicted octanol–water partition coefficient (Wildman–Crippen LogP) is 6.93. The minimum atomic E-state index is -4.53. The van der Waals surface area contributed by atoms with Crippen molar-refractivity contribution in [2.24, 2.45) is 5.73 Å². The second kappa shape index (κ2) is 13.0. The highest BCUT2D eigenvalue weighted by molar-refractivity contribution is 7.91. The number of nitrogens with zero attached hydrogens (tertiary/aromatic N) is 1. The van der Waals surface area contributed by atoms with Gasteiger partial charge in [0.15, 0.2) is 6.04 Å². The number of alkyl halides is 2. The Labute approximate surface area is 270 Å². The molecule has 6 rings (SSSR count). The van der Waals surface area contributed by atoms with Gasteiger partial charge in [0, 0.05) is 34.4 Å². The second-order valence-electron chi connectivity index (χ2n) is 11.7. The smallest absolute Gasteiger partial charge is 0.298 e. The molecule has 2 fully saturated rings. The lowest BCUT2D eigenvalue weighted by Gasteiger charge is -2.35. The first-order valence-corrected chi connectivity index (χ1v) is 17.7. The molecule has 0 radical (unpaired) electrons. The van der Waals surface area contributed by atoms with E-state index in [0.717, 1.165) is 42.6 Å². The number of carbonyl (C=O) groups excluding carboxylic acids is 1. The van der Waals surface area contributed by atoms with Crippen LogP contribution in [0.25, 0.3) is 21.2 Å². The Balaban J connectivity index is 1.29. The maximum atomic E-state index is 16.4. The highest BCUT2D eigenvalue weighted by Crippen LogP contribution is 2.38. The molecule has 1 aromatic heterocycles. The summed E-state index contributed by atoms with van der Waals surface area (Å²) in [6.07, 6.45) is 5.18. The van der Waals surface area contributed by atoms with Crippen LogP contribution in [0.5, 0.6) is 5.75 Å². The van der Waals surface area contributed by atoms with E-state index in [1.807, 2.05) is 0 Å². The molecular weight excluding hydrogens is 640 g/mol. The summed E-state index contributed by atoms with van der Waals surface area (Å²) in [7, 11) is -4.53. The van der Waals surface area contributed by atoms with Crippen LogP contribution in [0.3, 0.4) is 0 Å². The van der Waals surface area contributed by atoms with E-state index in [1.54, 1.807) is 42.5 Å². The SMILES string of the molecule is NC1CCN(C(=O)[C@H](NS(=O)(=O)c2cc3ccc(OC4CCCC4)cc3s2)C(F)(F)c2ccc(-c3ccc(Cl)cc3)cc2)CC1. The van der Waals surface area contributed by atoms with Crippen LogP contribution in [0.1, 0.15) is 44.1 Å². The van der Waals surface area contributed by atoms with Crippen LogP contribution in [0.15, 0.2) is 77.0 Å². The quantitative estimate of drug-likeness (QED) is 0.201. The van der Waals surface area contributed by atoms with Gasteiger partial charge in [-0.3, -0.25) is 4.79 Å². The van der Waals surface area contributed by atoms with Gasteiger partial charge < -0.3 is 15.4 Å². The Kier molecular flexibility index (Phi) is 9.18. The third-order valence-corrected chi connectivity index (χ3v) is 11.8. The second-order valence-corrected chi connectivity index (χ2v) is 15.2. The number of likely N-dealkylation sites (tertiary alicyclic amines) is 1. The monoisotopic (exact) mass is 673 g/mol. The first-order valence-electron chi connectivity index (χ1n) is 15.0. The van der Waals surface area contributed by atoms with Gasteiger partial charge in [0.25, 0.3) is 15.9 Å². The lowest BCUT2D eigenvalue weighted by molar-refractivity contribution is -0.145. The molecule has 1 saturated heterocycles. The number of thiophene rings is 1. The standard InChI is InChI=1S/C33H34ClF2N3O4S2/c34-25-12-7-22(8-13-25)21-5-10-24(11-6-21)33(35,36)31(32(40)39-17-15-26(37)16-18-39)38-45(41,42)30-19-23-9-14-28(20-29(23)44-30)43-27-3-1-2-4-27/h5-14,19-20,26-27,31,38H,1-4,15-18,37H2/t31-/m0/s1. The number of carbonyl (C=O) groups is 1. The summed E-state index contributed by atoms with van der Waals surface area (Å²) >= 11 is 6.92. The van der Waals surface area contributed by atoms with Crippen LogP contribution < -0.4 is 15.2 Å². The number of sulfonamides is 1. The number of nitrogens with one attached hydrogen (secondary N) is 1. The fourth-order valence-electron chi connectivity index (χ4n) is 5.88. The average molecular weight is 674 g/mol. The normalized spacial score (nSPS) is 17.6. The summed E-state index contributed by atoms with van der Waals surface area (Å²) in [6, 6.07) is 16.6. The van der Waals surface area contributed by atoms with Crippen molar-refractivity contribution < 1.29 is 26.7 Å². The molecule has 7 nitrogen and oxygen atoms in total. The van der Waals surface area contributed by atoms with Crippen LogP contribution in [0.2, 0.25) is 5.02 Å². The van der Waals surface area contributed by atoms with Crippen molar-refractivity contribution >= 4 is 49.0 Å². The van der Waals surface area contributed by atoms with Gasteiger partial charge >= 0.3 is 0 Å². The minimum Gasteiger partial charge on any atom is -0.490 e. The number of hydrogen-bond acceptors (Lipinski definition) is 6. The van der Waals surface area contributed by atoms with Crippen LogP contribution in [0.4, 0.5) is 8.78 Å². The fraction of sp³-hybridized carbons (Fsp3) is 0.364. The van der Waals surface area contributed by atoms with E-state index < -0.39 is 33.5 Å². The number of rotatable bonds is 9. The molecule has 1 atom stereocenters. The van der Waals surface area contributed by atoms with Gasteiger partial charge in [-0.2, -0.15) is 13.5 Å². The molecule has 12 heteroatoms. The maximum absolute atomic E-state index is 16.4. The van der Waals surface area contributed by atoms with Crippen LogP contribution >= 0.6 is 22.9 Å². The van der Waals surface area contributed by atoms with Gasteiger partial charge in [-0.05, 0) is 91.4 Å². The number of hydrogen-bond donors (Lipinski definition) is 2. The van der Waals surface area contributed by atoms with Gasteiger partial charge in [0.2, 0.25) is 5.91 Å². The largest absolute Gasteiger partial charge is 0.490 e. The molecule has 0 unspecified atom stereocenters. The van der Waals surface area contributed by atoms with E-state index >= 15 is 8.78 Å². The van der Waals surface area contributed by atoms with E-state index in [9.17, 15) is 13.2 Å². The van der Waals surface area contributed by atoms with Crippen LogP contribution in [-0.4, -0.2) is 50.5 Å². The first-order chi connectivity index (χ1) is 21.5. The van der Waals surface area contributed by atoms with Gasteiger partial charge in [0.1, 0.15) is 9.96 Å². The number of nitrogens with two attached hydrogens (primary N) is 1. The third kappa shape index (κ3) is 7.02. The lowest BCUT2D eigenvalue weighted by Crippen LogP contribution is -2.57.